The Morgan fingerprint density at radius 3 is 2.55 bits per heavy atom. The van der Waals surface area contributed by atoms with Gasteiger partial charge in [-0.2, -0.15) is 0 Å². The minimum absolute atomic E-state index is 0.0902. The van der Waals surface area contributed by atoms with Gasteiger partial charge in [0.2, 0.25) is 0 Å². The van der Waals surface area contributed by atoms with E-state index < -0.39 is 9.05 Å². The lowest BCUT2D eigenvalue weighted by Gasteiger charge is -2.03. The Labute approximate surface area is 127 Å². The maximum atomic E-state index is 11.4. The molecule has 0 radical (unpaired) electrons. The molecule has 0 aliphatic rings. The normalized spacial score (nSPS) is 12.0. The van der Waals surface area contributed by atoms with Crippen LogP contribution in [0.4, 0.5) is 0 Å². The van der Waals surface area contributed by atoms with Crippen LogP contribution in [0.1, 0.15) is 34.7 Å². The Morgan fingerprint density at radius 2 is 2.05 bits per heavy atom. The molecule has 0 fully saturated rings. The van der Waals surface area contributed by atoms with Crippen molar-refractivity contribution in [1.82, 2.24) is 14.5 Å². The summed E-state index contributed by atoms with van der Waals surface area (Å²) < 4.78 is 24.6. The van der Waals surface area contributed by atoms with Crippen LogP contribution in [0, 0.1) is 13.8 Å². The molecular formula is C12H16ClN3O2S2. The summed E-state index contributed by atoms with van der Waals surface area (Å²) in [6, 6.07) is 0. The average molecular weight is 334 g/mol. The Bertz CT molecular complexity index is 700. The number of halogens is 1. The van der Waals surface area contributed by atoms with E-state index in [1.165, 1.54) is 11.1 Å². The van der Waals surface area contributed by atoms with Crippen LogP contribution in [0.2, 0.25) is 0 Å². The first-order valence-electron chi connectivity index (χ1n) is 6.25. The third-order valence-electron chi connectivity index (χ3n) is 2.94. The van der Waals surface area contributed by atoms with Crippen molar-refractivity contribution in [2.45, 2.75) is 45.2 Å². The topological polar surface area (TPSA) is 64.8 Å². The summed E-state index contributed by atoms with van der Waals surface area (Å²) in [6.07, 6.45) is 3.07. The van der Waals surface area contributed by atoms with Gasteiger partial charge in [0.1, 0.15) is 10.8 Å². The summed E-state index contributed by atoms with van der Waals surface area (Å²) in [5, 5.41) is 0.848. The summed E-state index contributed by atoms with van der Waals surface area (Å²) in [5.41, 5.74) is 1.01. The van der Waals surface area contributed by atoms with Crippen molar-refractivity contribution in [1.29, 1.82) is 0 Å². The third-order valence-corrected chi connectivity index (χ3v) is 5.17. The van der Waals surface area contributed by atoms with Crippen molar-refractivity contribution in [3.8, 4) is 0 Å². The highest BCUT2D eigenvalue weighted by atomic mass is 35.7. The molecule has 5 nitrogen and oxygen atoms in total. The Balaban J connectivity index is 2.36. The smallest absolute Gasteiger partial charge is 0.280 e. The summed E-state index contributed by atoms with van der Waals surface area (Å²) in [6.45, 7) is 6.52. The first-order valence-corrected chi connectivity index (χ1v) is 9.37. The van der Waals surface area contributed by atoms with Gasteiger partial charge >= 0.3 is 0 Å². The standard InChI is InChI=1S/C12H16ClN3O2S2/c1-4-5-10-15-12(20(13,17)18)7-16(10)6-11-14-8(2)9(3)19-11/h7H,4-6H2,1-3H3. The first-order chi connectivity index (χ1) is 9.31. The molecule has 0 N–H and O–H groups in total. The molecular weight excluding hydrogens is 318 g/mol. The fourth-order valence-electron chi connectivity index (χ4n) is 1.86. The fraction of sp³-hybridized carbons (Fsp3) is 0.500. The van der Waals surface area contributed by atoms with E-state index in [2.05, 4.69) is 9.97 Å². The first kappa shape index (κ1) is 15.5. The Hall–Kier alpha value is -0.920. The van der Waals surface area contributed by atoms with E-state index in [1.54, 1.807) is 11.3 Å². The Morgan fingerprint density at radius 1 is 1.35 bits per heavy atom. The van der Waals surface area contributed by atoms with Crippen molar-refractivity contribution in [2.75, 3.05) is 0 Å². The number of aryl methyl sites for hydroxylation is 3. The third kappa shape index (κ3) is 3.39. The SMILES string of the molecule is CCCc1nc(S(=O)(=O)Cl)cn1Cc1nc(C)c(C)s1. The second-order valence-corrected chi connectivity index (χ2v) is 8.36. The van der Waals surface area contributed by atoms with Crippen LogP contribution < -0.4 is 0 Å². The maximum Gasteiger partial charge on any atom is 0.280 e. The average Bonchev–Trinajstić information content (AvgIpc) is 2.85. The minimum atomic E-state index is -3.79. The van der Waals surface area contributed by atoms with Gasteiger partial charge in [-0.25, -0.2) is 18.4 Å². The predicted molar refractivity (Wildman–Crippen MR) is 80.0 cm³/mol. The van der Waals surface area contributed by atoms with Crippen LogP contribution >= 0.6 is 22.0 Å². The number of rotatable bonds is 5. The molecule has 0 aliphatic carbocycles. The molecule has 8 heteroatoms. The van der Waals surface area contributed by atoms with E-state index in [0.29, 0.717) is 13.0 Å². The van der Waals surface area contributed by atoms with E-state index in [9.17, 15) is 8.42 Å². The number of imidazole rings is 1. The summed E-state index contributed by atoms with van der Waals surface area (Å²) in [5.74, 6) is 0.720. The van der Waals surface area contributed by atoms with Crippen molar-refractivity contribution in [2.24, 2.45) is 0 Å². The molecule has 0 saturated heterocycles. The van der Waals surface area contributed by atoms with Crippen LogP contribution in [0.3, 0.4) is 0 Å². The van der Waals surface area contributed by atoms with Crippen LogP contribution in [-0.2, 0) is 22.0 Å². The zero-order chi connectivity index (χ0) is 14.9. The monoisotopic (exact) mass is 333 g/mol. The molecule has 0 saturated carbocycles. The largest absolute Gasteiger partial charge is 0.327 e. The highest BCUT2D eigenvalue weighted by molar-refractivity contribution is 8.13. The van der Waals surface area contributed by atoms with Gasteiger partial charge in [-0.05, 0) is 20.3 Å². The van der Waals surface area contributed by atoms with Crippen LogP contribution in [-0.4, -0.2) is 23.0 Å². The highest BCUT2D eigenvalue weighted by Gasteiger charge is 2.18. The molecule has 0 unspecified atom stereocenters. The van der Waals surface area contributed by atoms with Crippen molar-refractivity contribution in [3.05, 3.63) is 27.6 Å². The van der Waals surface area contributed by atoms with Crippen molar-refractivity contribution >= 4 is 31.1 Å². The second-order valence-electron chi connectivity index (χ2n) is 4.56. The second kappa shape index (κ2) is 5.83. The van der Waals surface area contributed by atoms with Crippen LogP contribution in [0.25, 0.3) is 0 Å². The number of nitrogens with zero attached hydrogens (tertiary/aromatic N) is 3. The van der Waals surface area contributed by atoms with Gasteiger partial charge in [-0.1, -0.05) is 6.92 Å². The van der Waals surface area contributed by atoms with Gasteiger partial charge in [0.15, 0.2) is 5.03 Å². The van der Waals surface area contributed by atoms with E-state index in [0.717, 1.165) is 22.9 Å². The predicted octanol–water partition coefficient (Wildman–Crippen LogP) is 2.88. The molecule has 0 aliphatic heterocycles. The Kier molecular flexibility index (Phi) is 4.51. The van der Waals surface area contributed by atoms with Gasteiger partial charge in [0.25, 0.3) is 9.05 Å². The van der Waals surface area contributed by atoms with Crippen molar-refractivity contribution in [3.63, 3.8) is 0 Å². The van der Waals surface area contributed by atoms with E-state index >= 15 is 0 Å². The molecule has 0 bridgehead atoms. The lowest BCUT2D eigenvalue weighted by atomic mass is 10.3. The van der Waals surface area contributed by atoms with E-state index in [4.69, 9.17) is 10.7 Å². The molecule has 2 aromatic rings. The highest BCUT2D eigenvalue weighted by Crippen LogP contribution is 2.20. The van der Waals surface area contributed by atoms with Crippen LogP contribution in [0.5, 0.6) is 0 Å². The zero-order valence-electron chi connectivity index (χ0n) is 11.6. The number of thiazole rings is 1. The molecule has 0 atom stereocenters. The molecule has 2 heterocycles. The van der Waals surface area contributed by atoms with E-state index in [1.807, 2.05) is 25.3 Å². The van der Waals surface area contributed by atoms with Gasteiger partial charge in [0.05, 0.1) is 12.2 Å². The van der Waals surface area contributed by atoms with Crippen LogP contribution in [0.15, 0.2) is 11.2 Å². The molecule has 2 rings (SSSR count). The molecule has 0 amide bonds. The van der Waals surface area contributed by atoms with Gasteiger partial charge in [-0.3, -0.25) is 0 Å². The lowest BCUT2D eigenvalue weighted by molar-refractivity contribution is 0.606. The van der Waals surface area contributed by atoms with Gasteiger partial charge in [0, 0.05) is 28.2 Å². The summed E-state index contributed by atoms with van der Waals surface area (Å²) >= 11 is 1.61. The number of hydrogen-bond acceptors (Lipinski definition) is 5. The number of hydrogen-bond donors (Lipinski definition) is 0. The molecule has 110 valence electrons. The van der Waals surface area contributed by atoms with E-state index in [-0.39, 0.29) is 5.03 Å². The molecule has 2 aromatic heterocycles. The summed E-state index contributed by atoms with van der Waals surface area (Å²) in [4.78, 5) is 9.75. The maximum absolute atomic E-state index is 11.4. The minimum Gasteiger partial charge on any atom is -0.327 e. The lowest BCUT2D eigenvalue weighted by Crippen LogP contribution is -2.03. The summed E-state index contributed by atoms with van der Waals surface area (Å²) in [7, 11) is 1.56. The molecule has 20 heavy (non-hydrogen) atoms. The van der Waals surface area contributed by atoms with Gasteiger partial charge < -0.3 is 4.57 Å². The zero-order valence-corrected chi connectivity index (χ0v) is 13.9. The molecule has 0 aromatic carbocycles. The quantitative estimate of drug-likeness (QED) is 0.789. The fourth-order valence-corrected chi connectivity index (χ4v) is 3.48. The van der Waals surface area contributed by atoms with Crippen molar-refractivity contribution < 1.29 is 8.42 Å². The molecule has 0 spiro atoms. The number of aromatic nitrogens is 3. The van der Waals surface area contributed by atoms with Gasteiger partial charge in [-0.15, -0.1) is 11.3 Å².